The van der Waals surface area contributed by atoms with Crippen molar-refractivity contribution in [2.75, 3.05) is 6.61 Å². The van der Waals surface area contributed by atoms with E-state index < -0.39 is 20.5 Å². The molecule has 0 saturated heterocycles. The van der Waals surface area contributed by atoms with E-state index in [0.717, 1.165) is 18.4 Å². The zero-order valence-corrected chi connectivity index (χ0v) is 20.7. The Labute approximate surface area is 204 Å². The summed E-state index contributed by atoms with van der Waals surface area (Å²) in [6.07, 6.45) is 2.38. The van der Waals surface area contributed by atoms with E-state index in [1.54, 1.807) is 25.1 Å². The molecule has 1 N–H and O–H groups in total. The van der Waals surface area contributed by atoms with E-state index in [9.17, 15) is 8.42 Å². The van der Waals surface area contributed by atoms with Crippen molar-refractivity contribution in [3.05, 3.63) is 81.8 Å². The summed E-state index contributed by atoms with van der Waals surface area (Å²) in [6, 6.07) is 12.2. The molecule has 0 spiro atoms. The van der Waals surface area contributed by atoms with Crippen LogP contribution in [0.4, 0.5) is 4.39 Å². The zero-order chi connectivity index (χ0) is 24.7. The lowest BCUT2D eigenvalue weighted by Crippen LogP contribution is -2.44. The van der Waals surface area contributed by atoms with Crippen LogP contribution in [0.5, 0.6) is 0 Å². The van der Waals surface area contributed by atoms with E-state index in [-0.39, 0.29) is 28.4 Å². The highest BCUT2D eigenvalue weighted by atomic mass is 32.2. The predicted molar refractivity (Wildman–Crippen MR) is 130 cm³/mol. The standard InChI is InChI=1S/C26H27FN4O3S/c1-15-7-8-19(16(2)11-15)13-20-14-34-31-25(28-20)22-12-17(3)29-30-26(22)35(32,33)23-6-4-5-21(24(23)27)18-9-10-18/h4-8,11-12,18,20H,9-10,13-14H2,1-3H3,(H,28,31). The molecule has 5 rings (SSSR count). The number of nitrogens with zero attached hydrogens (tertiary/aromatic N) is 3. The molecule has 1 aromatic heterocycles. The number of nitrogens with one attached hydrogen (secondary N) is 1. The van der Waals surface area contributed by atoms with Gasteiger partial charge in [0.25, 0.3) is 0 Å². The highest BCUT2D eigenvalue weighted by Gasteiger charge is 2.34. The topological polar surface area (TPSA) is 93.5 Å². The smallest absolute Gasteiger partial charge is 0.229 e. The summed E-state index contributed by atoms with van der Waals surface area (Å²) in [5, 5.41) is 15.0. The first-order valence-electron chi connectivity index (χ1n) is 11.6. The lowest BCUT2D eigenvalue weighted by molar-refractivity contribution is 0.109. The molecule has 2 aliphatic rings. The molecule has 7 nitrogen and oxygen atoms in total. The van der Waals surface area contributed by atoms with Crippen LogP contribution in [-0.4, -0.2) is 37.1 Å². The van der Waals surface area contributed by atoms with Crippen molar-refractivity contribution in [1.82, 2.24) is 15.5 Å². The third-order valence-corrected chi connectivity index (χ3v) is 8.13. The largest absolute Gasteiger partial charge is 0.392 e. The van der Waals surface area contributed by atoms with Gasteiger partial charge in [-0.25, -0.2) is 12.8 Å². The normalized spacial score (nSPS) is 17.9. The molecule has 1 unspecified atom stereocenters. The quantitative estimate of drug-likeness (QED) is 0.554. The number of aryl methyl sites for hydroxylation is 3. The average molecular weight is 495 g/mol. The first kappa shape index (κ1) is 23.4. The van der Waals surface area contributed by atoms with Crippen molar-refractivity contribution < 1.29 is 17.6 Å². The molecule has 0 bridgehead atoms. The molecular formula is C26H27FN4O3S. The van der Waals surface area contributed by atoms with Crippen molar-refractivity contribution in [1.29, 1.82) is 0 Å². The van der Waals surface area contributed by atoms with Crippen molar-refractivity contribution in [2.24, 2.45) is 5.16 Å². The summed E-state index contributed by atoms with van der Waals surface area (Å²) < 4.78 is 42.5. The molecule has 0 radical (unpaired) electrons. The summed E-state index contributed by atoms with van der Waals surface area (Å²) >= 11 is 0. The highest BCUT2D eigenvalue weighted by Crippen LogP contribution is 2.42. The fourth-order valence-electron chi connectivity index (χ4n) is 4.43. The summed E-state index contributed by atoms with van der Waals surface area (Å²) in [5.74, 6) is -0.412. The number of sulfone groups is 1. The molecule has 2 aromatic carbocycles. The van der Waals surface area contributed by atoms with Crippen LogP contribution in [0.2, 0.25) is 0 Å². The first-order chi connectivity index (χ1) is 16.7. The van der Waals surface area contributed by atoms with Crippen LogP contribution in [0.1, 0.15) is 52.3 Å². The number of halogens is 1. The fourth-order valence-corrected chi connectivity index (χ4v) is 5.84. The highest BCUT2D eigenvalue weighted by molar-refractivity contribution is 7.91. The molecule has 1 fully saturated rings. The van der Waals surface area contributed by atoms with Crippen LogP contribution >= 0.6 is 0 Å². The van der Waals surface area contributed by atoms with Gasteiger partial charge >= 0.3 is 0 Å². The molecule has 1 atom stereocenters. The van der Waals surface area contributed by atoms with Crippen LogP contribution in [0.3, 0.4) is 0 Å². The third kappa shape index (κ3) is 4.65. The Hall–Kier alpha value is -3.33. The van der Waals surface area contributed by atoms with Gasteiger partial charge in [-0.15, -0.1) is 5.10 Å². The molecule has 1 aliphatic carbocycles. The van der Waals surface area contributed by atoms with Crippen molar-refractivity contribution in [2.45, 2.75) is 61.9 Å². The summed E-state index contributed by atoms with van der Waals surface area (Å²) in [6.45, 7) is 6.15. The van der Waals surface area contributed by atoms with Crippen molar-refractivity contribution in [3.63, 3.8) is 0 Å². The fraction of sp³-hybridized carbons (Fsp3) is 0.346. The molecule has 182 valence electrons. The van der Waals surface area contributed by atoms with Gasteiger partial charge in [-0.05, 0) is 74.8 Å². The summed E-state index contributed by atoms with van der Waals surface area (Å²) in [4.78, 5) is 5.09. The Morgan fingerprint density at radius 1 is 1.09 bits per heavy atom. The molecule has 1 saturated carbocycles. The number of hydrogen-bond acceptors (Lipinski definition) is 7. The van der Waals surface area contributed by atoms with E-state index in [1.807, 2.05) is 6.92 Å². The summed E-state index contributed by atoms with van der Waals surface area (Å²) in [7, 11) is -4.31. The van der Waals surface area contributed by atoms with Crippen LogP contribution in [0.15, 0.2) is 57.5 Å². The number of oxime groups is 1. The molecule has 1 aliphatic heterocycles. The average Bonchev–Trinajstić information content (AvgIpc) is 3.66. The Morgan fingerprint density at radius 3 is 2.63 bits per heavy atom. The molecule has 2 heterocycles. The molecule has 3 aromatic rings. The van der Waals surface area contributed by atoms with Gasteiger partial charge in [-0.3, -0.25) is 0 Å². The monoisotopic (exact) mass is 494 g/mol. The zero-order valence-electron chi connectivity index (χ0n) is 19.9. The van der Waals surface area contributed by atoms with Gasteiger partial charge in [-0.1, -0.05) is 41.1 Å². The van der Waals surface area contributed by atoms with Gasteiger partial charge in [-0.2, -0.15) is 5.10 Å². The number of amidine groups is 1. The van der Waals surface area contributed by atoms with Gasteiger partial charge in [0.15, 0.2) is 10.9 Å². The predicted octanol–water partition coefficient (Wildman–Crippen LogP) is 4.14. The van der Waals surface area contributed by atoms with Crippen LogP contribution in [0, 0.1) is 26.6 Å². The van der Waals surface area contributed by atoms with E-state index in [1.165, 1.54) is 17.2 Å². The van der Waals surface area contributed by atoms with E-state index in [2.05, 4.69) is 45.8 Å². The molecule has 0 amide bonds. The second-order valence-corrected chi connectivity index (χ2v) is 11.2. The number of benzene rings is 2. The van der Waals surface area contributed by atoms with E-state index >= 15 is 4.39 Å². The first-order valence-corrected chi connectivity index (χ1v) is 13.1. The molecular weight excluding hydrogens is 467 g/mol. The molecule has 35 heavy (non-hydrogen) atoms. The summed E-state index contributed by atoms with van der Waals surface area (Å²) in [5.41, 5.74) is 4.66. The van der Waals surface area contributed by atoms with Crippen LogP contribution in [-0.2, 0) is 21.1 Å². The van der Waals surface area contributed by atoms with Gasteiger partial charge in [0, 0.05) is 0 Å². The van der Waals surface area contributed by atoms with E-state index in [0.29, 0.717) is 24.3 Å². The van der Waals surface area contributed by atoms with Gasteiger partial charge in [0.05, 0.1) is 17.3 Å². The number of hydrogen-bond donors (Lipinski definition) is 1. The Balaban J connectivity index is 1.49. The van der Waals surface area contributed by atoms with Crippen LogP contribution < -0.4 is 5.32 Å². The van der Waals surface area contributed by atoms with E-state index in [4.69, 9.17) is 4.84 Å². The minimum Gasteiger partial charge on any atom is -0.392 e. The number of aromatic nitrogens is 2. The van der Waals surface area contributed by atoms with Crippen LogP contribution in [0.25, 0.3) is 0 Å². The van der Waals surface area contributed by atoms with Gasteiger partial charge < -0.3 is 10.2 Å². The van der Waals surface area contributed by atoms with Crippen molar-refractivity contribution >= 4 is 15.7 Å². The van der Waals surface area contributed by atoms with Crippen molar-refractivity contribution in [3.8, 4) is 0 Å². The van der Waals surface area contributed by atoms with Gasteiger partial charge in [0.2, 0.25) is 9.84 Å². The second kappa shape index (κ2) is 9.03. The lowest BCUT2D eigenvalue weighted by Gasteiger charge is -2.25. The third-order valence-electron chi connectivity index (χ3n) is 6.43. The second-order valence-electron chi connectivity index (χ2n) is 9.35. The molecule has 9 heteroatoms. The lowest BCUT2D eigenvalue weighted by atomic mass is 9.99. The SMILES string of the molecule is Cc1ccc(CC2CON=C(c3cc(C)nnc3S(=O)(=O)c3cccc(C4CC4)c3F)N2)c(C)c1. The number of rotatable bonds is 6. The Bertz CT molecular complexity index is 1430. The minimum atomic E-state index is -4.31. The maximum Gasteiger partial charge on any atom is 0.229 e. The maximum atomic E-state index is 15.3. The Kier molecular flexibility index (Phi) is 6.04. The van der Waals surface area contributed by atoms with Gasteiger partial charge in [0.1, 0.15) is 17.3 Å². The minimum absolute atomic E-state index is 0.0671. The Morgan fingerprint density at radius 2 is 1.89 bits per heavy atom. The maximum absolute atomic E-state index is 15.3.